The third-order valence-corrected chi connectivity index (χ3v) is 25.3. The maximum atomic E-state index is 5.16. The minimum Gasteiger partial charge on any atom is -0.309 e. The number of nitrogens with zero attached hydrogens (tertiary/aromatic N) is 15. The van der Waals surface area contributed by atoms with Crippen molar-refractivity contribution in [2.24, 2.45) is 0 Å². The van der Waals surface area contributed by atoms with Gasteiger partial charge in [0.1, 0.15) is 34.9 Å². The van der Waals surface area contributed by atoms with Gasteiger partial charge >= 0.3 is 0 Å². The van der Waals surface area contributed by atoms with E-state index in [9.17, 15) is 0 Å². The second-order valence-corrected chi connectivity index (χ2v) is 40.5. The van der Waals surface area contributed by atoms with Gasteiger partial charge in [-0.2, -0.15) is 15.0 Å². The molecule has 0 atom stereocenters. The molecule has 0 N–H and O–H groups in total. The second-order valence-electron chi connectivity index (χ2n) is 40.5. The summed E-state index contributed by atoms with van der Waals surface area (Å²) in [5.74, 6) is 7.71. The van der Waals surface area contributed by atoms with E-state index in [0.717, 1.165) is 124 Å². The molecule has 0 saturated heterocycles. The first-order valence-corrected chi connectivity index (χ1v) is 47.7. The lowest BCUT2D eigenvalue weighted by molar-refractivity contribution is 0.537. The molecule has 24 rings (SSSR count). The molecule has 9 aromatic heterocycles. The van der Waals surface area contributed by atoms with Gasteiger partial charge in [0.15, 0.2) is 11.6 Å². The van der Waals surface area contributed by atoms with Crippen LogP contribution in [0.25, 0.3) is 184 Å². The van der Waals surface area contributed by atoms with Crippen LogP contribution in [0.2, 0.25) is 0 Å². The summed E-state index contributed by atoms with van der Waals surface area (Å²) in [6.07, 6.45) is 0. The van der Waals surface area contributed by atoms with Gasteiger partial charge in [-0.1, -0.05) is 413 Å². The molecule has 682 valence electrons. The topological polar surface area (TPSA) is 154 Å². The normalized spacial score (nSPS) is 12.0. The Labute approximate surface area is 811 Å². The highest BCUT2D eigenvalue weighted by atomic mass is 15.3. The van der Waals surface area contributed by atoms with Crippen LogP contribution in [0.5, 0.6) is 0 Å². The quantitative estimate of drug-likeness (QED) is 0.136. The monoisotopic (exact) mass is 1810 g/mol. The standard InChI is InChI=1S/C32H26N4.C31H25N5.C22H21N.C20H20N2.C19H19N3/c1-32(2,3)31-33-29(35-25-16-8-4-12-21(25)22-13-5-9-17-26(22)35)20-30(34-31)36-27-18-10-6-14-23(27)24-15-7-11-19-28(24)36;1-31(2,3)28-32-29(35-24-16-8-4-12-20(24)21-13-5-9-17-25(21)35)34-30(33-28)36-26-18-10-6-14-22(26)23-15-7-11-19-27(23)36;1-22(2,3)16-13-14-21-19(15-16)18-11-7-8-12-20(18)23(21)17-9-5-4-6-10-17;1-20(2,3)19-21-17(15-10-6-4-7-11-15)14-18(22-19)16-12-8-5-9-13-16;1-19(2,3)18-21-16(14-10-6-4-7-11-14)20-17(22-18)15-12-8-5-9-13-15/h4-20H,1-3H3;4-19H,1-3H3;4-15H,1-3H3;4-14H,1-3H3;4-13H,1-3H3. The Kier molecular flexibility index (Phi) is 24.0. The fourth-order valence-electron chi connectivity index (χ4n) is 18.2. The van der Waals surface area contributed by atoms with Crippen LogP contribution in [-0.2, 0) is 27.1 Å². The first kappa shape index (κ1) is 90.3. The van der Waals surface area contributed by atoms with Gasteiger partial charge in [0, 0.05) is 110 Å². The summed E-state index contributed by atoms with van der Waals surface area (Å²) in [5, 5.41) is 12.3. The average Bonchev–Trinajstić information content (AvgIpc) is 1.60. The molecule has 0 bridgehead atoms. The van der Waals surface area contributed by atoms with Crippen molar-refractivity contribution in [2.45, 2.75) is 131 Å². The molecular weight excluding hydrogens is 1700 g/mol. The molecule has 139 heavy (non-hydrogen) atoms. The van der Waals surface area contributed by atoms with Crippen molar-refractivity contribution in [1.29, 1.82) is 0 Å². The molecule has 0 radical (unpaired) electrons. The summed E-state index contributed by atoms with van der Waals surface area (Å²) in [7, 11) is 0. The molecule has 15 heteroatoms. The van der Waals surface area contributed by atoms with Crippen molar-refractivity contribution in [3.05, 3.63) is 429 Å². The van der Waals surface area contributed by atoms with Gasteiger partial charge in [-0.25, -0.2) is 34.9 Å². The maximum Gasteiger partial charge on any atom is 0.239 e. The van der Waals surface area contributed by atoms with Crippen LogP contribution in [0, 0.1) is 0 Å². The zero-order chi connectivity index (χ0) is 96.1. The van der Waals surface area contributed by atoms with E-state index in [4.69, 9.17) is 34.9 Å². The summed E-state index contributed by atoms with van der Waals surface area (Å²) >= 11 is 0. The summed E-state index contributed by atoms with van der Waals surface area (Å²) in [6, 6.07) is 139. The number of benzene rings is 15. The van der Waals surface area contributed by atoms with Gasteiger partial charge in [-0.15, -0.1) is 0 Å². The highest BCUT2D eigenvalue weighted by molar-refractivity contribution is 6.13. The Balaban J connectivity index is 0.000000109. The largest absolute Gasteiger partial charge is 0.309 e. The van der Waals surface area contributed by atoms with Gasteiger partial charge in [0.25, 0.3) is 0 Å². The smallest absolute Gasteiger partial charge is 0.239 e. The van der Waals surface area contributed by atoms with Crippen LogP contribution >= 0.6 is 0 Å². The van der Waals surface area contributed by atoms with Gasteiger partial charge in [-0.05, 0) is 95.9 Å². The number of aromatic nitrogens is 15. The molecule has 24 aromatic rings. The van der Waals surface area contributed by atoms with E-state index in [2.05, 4.69) is 445 Å². The number of hydrogen-bond donors (Lipinski definition) is 0. The molecule has 0 saturated carbocycles. The Bertz CT molecular complexity index is 7620. The minimum atomic E-state index is -0.260. The highest BCUT2D eigenvalue weighted by Crippen LogP contribution is 2.42. The van der Waals surface area contributed by atoms with Gasteiger partial charge in [0.2, 0.25) is 11.9 Å². The third-order valence-electron chi connectivity index (χ3n) is 25.3. The van der Waals surface area contributed by atoms with E-state index in [1.807, 2.05) is 97.1 Å². The molecule has 0 aliphatic rings. The lowest BCUT2D eigenvalue weighted by Gasteiger charge is -2.20. The van der Waals surface area contributed by atoms with E-state index in [1.165, 1.54) is 76.1 Å². The number of para-hydroxylation sites is 10. The van der Waals surface area contributed by atoms with Crippen molar-refractivity contribution in [2.75, 3.05) is 0 Å². The van der Waals surface area contributed by atoms with Crippen molar-refractivity contribution >= 4 is 109 Å². The SMILES string of the molecule is CC(C)(C)c1ccc2c(c1)c1ccccc1n2-c1ccccc1.CC(C)(C)c1nc(-c2ccccc2)cc(-c2ccccc2)n1.CC(C)(C)c1nc(-c2ccccc2)nc(-c2ccccc2)n1.CC(C)(C)c1nc(-n2c3ccccc3c3ccccc32)cc(-n2c3ccccc3c3ccccc32)n1.CC(C)(C)c1nc(-n2c3ccccc3c3ccccc32)nc(-n2c3ccccc3c3ccccc32)n1. The molecule has 0 aliphatic carbocycles. The summed E-state index contributed by atoms with van der Waals surface area (Å²) in [4.78, 5) is 49.1. The number of hydrogen-bond acceptors (Lipinski definition) is 10. The molecular formula is C124H111N15. The van der Waals surface area contributed by atoms with Crippen LogP contribution in [0.3, 0.4) is 0 Å². The fourth-order valence-corrected chi connectivity index (χ4v) is 18.2. The minimum absolute atomic E-state index is 0.0890. The summed E-state index contributed by atoms with van der Waals surface area (Å²) in [6.45, 7) is 32.6. The van der Waals surface area contributed by atoms with E-state index in [1.54, 1.807) is 0 Å². The Morgan fingerprint density at radius 1 is 0.165 bits per heavy atom. The fraction of sp³-hybridized carbons (Fsp3) is 0.161. The van der Waals surface area contributed by atoms with Gasteiger partial charge in [0.05, 0.1) is 66.6 Å². The molecule has 9 heterocycles. The predicted octanol–water partition coefficient (Wildman–Crippen LogP) is 31.0. The molecule has 0 aliphatic heterocycles. The van der Waals surface area contributed by atoms with Crippen molar-refractivity contribution in [3.63, 3.8) is 0 Å². The zero-order valence-electron chi connectivity index (χ0n) is 81.3. The Hall–Kier alpha value is -16.5. The van der Waals surface area contributed by atoms with E-state index in [0.29, 0.717) is 11.9 Å². The number of rotatable bonds is 9. The second kappa shape index (κ2) is 36.9. The van der Waals surface area contributed by atoms with Crippen LogP contribution in [0.1, 0.15) is 133 Å². The van der Waals surface area contributed by atoms with Gasteiger partial charge in [-0.3, -0.25) is 18.3 Å². The summed E-state index contributed by atoms with van der Waals surface area (Å²) < 4.78 is 11.2. The lowest BCUT2D eigenvalue weighted by atomic mass is 9.86. The molecule has 15 aromatic carbocycles. The van der Waals surface area contributed by atoms with E-state index < -0.39 is 0 Å². The van der Waals surface area contributed by atoms with Crippen LogP contribution < -0.4 is 0 Å². The maximum absolute atomic E-state index is 5.16. The molecule has 0 fully saturated rings. The van der Waals surface area contributed by atoms with Gasteiger partial charge < -0.3 is 4.57 Å². The highest BCUT2D eigenvalue weighted by Gasteiger charge is 2.30. The first-order valence-electron chi connectivity index (χ1n) is 47.7. The Morgan fingerprint density at radius 2 is 0.410 bits per heavy atom. The van der Waals surface area contributed by atoms with Crippen LogP contribution in [-0.4, -0.2) is 72.7 Å². The summed E-state index contributed by atoms with van der Waals surface area (Å²) in [5.41, 5.74) is 19.7. The van der Waals surface area contributed by atoms with E-state index >= 15 is 0 Å². The lowest BCUT2D eigenvalue weighted by Crippen LogP contribution is -2.20. The molecule has 15 nitrogen and oxygen atoms in total. The first-order chi connectivity index (χ1) is 67.1. The van der Waals surface area contributed by atoms with Crippen LogP contribution in [0.15, 0.2) is 400 Å². The van der Waals surface area contributed by atoms with Crippen LogP contribution in [0.4, 0.5) is 0 Å². The average molecular weight is 1810 g/mol. The number of fused-ring (bicyclic) bond motifs is 15. The molecule has 0 unspecified atom stereocenters. The molecule has 0 spiro atoms. The predicted molar refractivity (Wildman–Crippen MR) is 577 cm³/mol. The van der Waals surface area contributed by atoms with Crippen molar-refractivity contribution < 1.29 is 0 Å². The van der Waals surface area contributed by atoms with Crippen molar-refractivity contribution in [3.8, 4) is 74.5 Å². The van der Waals surface area contributed by atoms with Crippen molar-refractivity contribution in [1.82, 2.24) is 72.7 Å². The Morgan fingerprint density at radius 3 is 0.719 bits per heavy atom. The van der Waals surface area contributed by atoms with E-state index in [-0.39, 0.29) is 27.1 Å². The third kappa shape index (κ3) is 18.1. The molecule has 0 amide bonds. The zero-order valence-corrected chi connectivity index (χ0v) is 81.3.